The van der Waals surface area contributed by atoms with Crippen LogP contribution < -0.4 is 5.73 Å². The van der Waals surface area contributed by atoms with Gasteiger partial charge in [-0.3, -0.25) is 0 Å². The van der Waals surface area contributed by atoms with Gasteiger partial charge in [0.05, 0.1) is 12.2 Å². The highest BCUT2D eigenvalue weighted by Gasteiger charge is 2.58. The second kappa shape index (κ2) is 9.93. The third kappa shape index (κ3) is 4.72. The Bertz CT molecular complexity index is 778. The van der Waals surface area contributed by atoms with Crippen LogP contribution in [0.4, 0.5) is 5.69 Å². The van der Waals surface area contributed by atoms with Crippen LogP contribution in [0.5, 0.6) is 0 Å². The molecule has 2 saturated heterocycles. The van der Waals surface area contributed by atoms with Crippen molar-refractivity contribution in [1.82, 2.24) is 0 Å². The number of anilines is 1. The minimum absolute atomic E-state index is 0.170. The van der Waals surface area contributed by atoms with Crippen molar-refractivity contribution in [3.05, 3.63) is 29.8 Å². The monoisotopic (exact) mass is 461 g/mol. The lowest BCUT2D eigenvalue weighted by atomic mass is 9.99. The van der Waals surface area contributed by atoms with E-state index >= 15 is 0 Å². The third-order valence-corrected chi connectivity index (χ3v) is 5.42. The number of hydrogen-bond acceptors (Lipinski definition) is 13. The minimum Gasteiger partial charge on any atom is -0.459 e. The van der Waals surface area contributed by atoms with Crippen molar-refractivity contribution < 1.29 is 59.5 Å². The van der Waals surface area contributed by atoms with E-state index in [2.05, 4.69) is 0 Å². The van der Waals surface area contributed by atoms with Gasteiger partial charge in [0.15, 0.2) is 6.29 Å². The number of hydrogen-bond donors (Lipinski definition) is 8. The fourth-order valence-electron chi connectivity index (χ4n) is 3.48. The van der Waals surface area contributed by atoms with Gasteiger partial charge in [-0.05, 0) is 24.3 Å². The van der Waals surface area contributed by atoms with Crippen LogP contribution in [0, 0.1) is 0 Å². The number of esters is 1. The molecule has 9 N–H and O–H groups in total. The van der Waals surface area contributed by atoms with E-state index < -0.39 is 80.6 Å². The smallest absolute Gasteiger partial charge is 0.338 e. The van der Waals surface area contributed by atoms with Gasteiger partial charge in [-0.25, -0.2) is 4.79 Å². The first-order valence-electron chi connectivity index (χ1n) is 9.79. The molecule has 1 aromatic carbocycles. The van der Waals surface area contributed by atoms with Gasteiger partial charge >= 0.3 is 5.97 Å². The van der Waals surface area contributed by atoms with E-state index in [1.807, 2.05) is 0 Å². The predicted octanol–water partition coefficient (Wildman–Crippen LogP) is -3.95. The molecule has 180 valence electrons. The molecule has 1 aromatic rings. The summed E-state index contributed by atoms with van der Waals surface area (Å²) in [6.45, 7) is -2.27. The molecule has 0 unspecified atom stereocenters. The minimum atomic E-state index is -2.30. The van der Waals surface area contributed by atoms with E-state index in [9.17, 15) is 40.5 Å². The van der Waals surface area contributed by atoms with Gasteiger partial charge in [0.2, 0.25) is 5.79 Å². The first-order chi connectivity index (χ1) is 15.1. The molecule has 0 amide bonds. The van der Waals surface area contributed by atoms with E-state index in [1.165, 1.54) is 24.3 Å². The largest absolute Gasteiger partial charge is 0.459 e. The number of nitrogens with two attached hydrogens (primary N) is 1. The van der Waals surface area contributed by atoms with Crippen LogP contribution in [0.3, 0.4) is 0 Å². The molecular weight excluding hydrogens is 434 g/mol. The number of nitrogen functional groups attached to an aromatic ring is 1. The van der Waals surface area contributed by atoms with E-state index in [-0.39, 0.29) is 5.56 Å². The van der Waals surface area contributed by atoms with E-state index in [4.69, 9.17) is 24.7 Å². The number of carbonyl (C=O) groups is 1. The van der Waals surface area contributed by atoms with Crippen molar-refractivity contribution in [2.24, 2.45) is 0 Å². The molecule has 0 aliphatic carbocycles. The second-order valence-corrected chi connectivity index (χ2v) is 7.60. The van der Waals surface area contributed by atoms with Crippen LogP contribution in [0.15, 0.2) is 24.3 Å². The van der Waals surface area contributed by atoms with Gasteiger partial charge in [0.25, 0.3) is 0 Å². The Morgan fingerprint density at radius 1 is 0.969 bits per heavy atom. The highest BCUT2D eigenvalue weighted by atomic mass is 16.8. The fraction of sp³-hybridized carbons (Fsp3) is 0.632. The topological polar surface area (TPSA) is 222 Å². The van der Waals surface area contributed by atoms with Gasteiger partial charge < -0.3 is 60.4 Å². The number of aliphatic hydroxyl groups is 7. The lowest BCUT2D eigenvalue weighted by Crippen LogP contribution is -2.62. The molecule has 9 atom stereocenters. The molecule has 2 fully saturated rings. The van der Waals surface area contributed by atoms with Crippen LogP contribution in [0.1, 0.15) is 10.4 Å². The number of rotatable bonds is 7. The molecule has 0 bridgehead atoms. The summed E-state index contributed by atoms with van der Waals surface area (Å²) >= 11 is 0. The summed E-state index contributed by atoms with van der Waals surface area (Å²) in [7, 11) is 0. The summed E-state index contributed by atoms with van der Waals surface area (Å²) in [6, 6.07) is 5.82. The van der Waals surface area contributed by atoms with Gasteiger partial charge in [0, 0.05) is 5.69 Å². The zero-order valence-electron chi connectivity index (χ0n) is 16.8. The molecule has 0 radical (unpaired) electrons. The molecule has 13 heteroatoms. The highest BCUT2D eigenvalue weighted by molar-refractivity contribution is 5.89. The molecule has 2 heterocycles. The lowest BCUT2D eigenvalue weighted by Gasteiger charge is -2.43. The Kier molecular flexibility index (Phi) is 7.67. The normalized spacial score (nSPS) is 39.7. The summed E-state index contributed by atoms with van der Waals surface area (Å²) in [4.78, 5) is 12.2. The molecule has 0 aromatic heterocycles. The molecule has 0 spiro atoms. The summed E-state index contributed by atoms with van der Waals surface area (Å²) in [5.41, 5.74) is 6.17. The van der Waals surface area contributed by atoms with Crippen molar-refractivity contribution in [3.63, 3.8) is 0 Å². The van der Waals surface area contributed by atoms with Crippen molar-refractivity contribution in [2.45, 2.75) is 54.8 Å². The number of carbonyl (C=O) groups excluding carboxylic acids is 1. The first kappa shape index (κ1) is 24.7. The van der Waals surface area contributed by atoms with Crippen LogP contribution in [0.25, 0.3) is 0 Å². The Morgan fingerprint density at radius 2 is 1.62 bits per heavy atom. The maximum Gasteiger partial charge on any atom is 0.338 e. The number of aliphatic hydroxyl groups excluding tert-OH is 7. The fourth-order valence-corrected chi connectivity index (χ4v) is 3.48. The standard InChI is InChI=1S/C19H27NO12/c20-9-3-1-8(2-4-9)17(28)29-6-11-12(23)14(25)15(26)18(30-11)32-19(7-22)16(27)13(24)10(5-21)31-19/h1-4,10-16,18,21-27H,5-7,20H2/t10-,11-,12-,13-,14+,15-,16+,18-,19+/m1/s1. The zero-order chi connectivity index (χ0) is 23.6. The Morgan fingerprint density at radius 3 is 2.19 bits per heavy atom. The van der Waals surface area contributed by atoms with Crippen molar-refractivity contribution in [3.8, 4) is 0 Å². The molecule has 2 aliphatic rings. The summed E-state index contributed by atoms with van der Waals surface area (Å²) in [6.07, 6.45) is -13.3. The summed E-state index contributed by atoms with van der Waals surface area (Å²) in [5.74, 6) is -3.07. The van der Waals surface area contributed by atoms with Gasteiger partial charge in [-0.2, -0.15) is 0 Å². The highest BCUT2D eigenvalue weighted by Crippen LogP contribution is 2.36. The molecule has 0 saturated carbocycles. The number of benzene rings is 1. The first-order valence-corrected chi connectivity index (χ1v) is 9.79. The van der Waals surface area contributed by atoms with Crippen LogP contribution in [-0.4, -0.2) is 116 Å². The van der Waals surface area contributed by atoms with Crippen molar-refractivity contribution >= 4 is 11.7 Å². The third-order valence-electron chi connectivity index (χ3n) is 5.42. The molecule has 13 nitrogen and oxygen atoms in total. The van der Waals surface area contributed by atoms with Crippen LogP contribution in [0.2, 0.25) is 0 Å². The lowest BCUT2D eigenvalue weighted by molar-refractivity contribution is -0.383. The Balaban J connectivity index is 1.69. The van der Waals surface area contributed by atoms with Crippen LogP contribution in [-0.2, 0) is 18.9 Å². The summed E-state index contributed by atoms with van der Waals surface area (Å²) in [5, 5.41) is 69.8. The van der Waals surface area contributed by atoms with Crippen LogP contribution >= 0.6 is 0 Å². The van der Waals surface area contributed by atoms with E-state index in [0.29, 0.717) is 5.69 Å². The Hall–Kier alpha value is -1.91. The van der Waals surface area contributed by atoms with Crippen molar-refractivity contribution in [1.29, 1.82) is 0 Å². The molecule has 2 aliphatic heterocycles. The Labute approximate surface area is 182 Å². The number of ether oxygens (including phenoxy) is 4. The SMILES string of the molecule is Nc1ccc(C(=O)OC[C@H]2O[C@H](O[C@]3(CO)O[C@H](CO)[C@@H](O)[C@@H]3O)[C@H](O)[C@@H](O)[C@@H]2O)cc1. The van der Waals surface area contributed by atoms with Gasteiger partial charge in [-0.1, -0.05) is 0 Å². The molecule has 3 rings (SSSR count). The second-order valence-electron chi connectivity index (χ2n) is 7.60. The maximum absolute atomic E-state index is 12.2. The summed E-state index contributed by atoms with van der Waals surface area (Å²) < 4.78 is 21.1. The predicted molar refractivity (Wildman–Crippen MR) is 103 cm³/mol. The van der Waals surface area contributed by atoms with E-state index in [0.717, 1.165) is 0 Å². The average Bonchev–Trinajstić information content (AvgIpc) is 3.03. The van der Waals surface area contributed by atoms with Crippen molar-refractivity contribution in [2.75, 3.05) is 25.6 Å². The molecular formula is C19H27NO12. The van der Waals surface area contributed by atoms with Gasteiger partial charge in [-0.15, -0.1) is 0 Å². The maximum atomic E-state index is 12.2. The quantitative estimate of drug-likeness (QED) is 0.144. The van der Waals surface area contributed by atoms with E-state index in [1.54, 1.807) is 0 Å². The average molecular weight is 461 g/mol. The zero-order valence-corrected chi connectivity index (χ0v) is 16.8. The molecule has 32 heavy (non-hydrogen) atoms. The van der Waals surface area contributed by atoms with Gasteiger partial charge in [0.1, 0.15) is 55.9 Å².